The Bertz CT molecular complexity index is 529. The molecule has 0 radical (unpaired) electrons. The minimum absolute atomic E-state index is 0.0735. The van der Waals surface area contributed by atoms with Gasteiger partial charge in [-0.3, -0.25) is 4.79 Å². The zero-order chi connectivity index (χ0) is 14.1. The largest absolute Gasteiger partial charge is 0.393 e. The van der Waals surface area contributed by atoms with Gasteiger partial charge in [-0.15, -0.1) is 0 Å². The number of hydrogen-bond acceptors (Lipinski definition) is 2. The second kappa shape index (κ2) is 5.70. The molecule has 4 heteroatoms. The average molecular weight is 336 g/mol. The summed E-state index contributed by atoms with van der Waals surface area (Å²) < 4.78 is 1.01. The predicted molar refractivity (Wildman–Crippen MR) is 82.1 cm³/mol. The van der Waals surface area contributed by atoms with E-state index >= 15 is 0 Å². The number of halogens is 1. The Morgan fingerprint density at radius 1 is 1.30 bits per heavy atom. The Morgan fingerprint density at radius 3 is 2.65 bits per heavy atom. The van der Waals surface area contributed by atoms with Gasteiger partial charge in [-0.25, -0.2) is 0 Å². The molecular formula is C16H18BrNO2. The number of hydrogen-bond donors (Lipinski definition) is 1. The summed E-state index contributed by atoms with van der Waals surface area (Å²) >= 11 is 3.42. The first-order valence-corrected chi connectivity index (χ1v) is 7.87. The van der Waals surface area contributed by atoms with Crippen LogP contribution in [0.5, 0.6) is 0 Å². The van der Waals surface area contributed by atoms with Crippen molar-refractivity contribution in [3.8, 4) is 0 Å². The summed E-state index contributed by atoms with van der Waals surface area (Å²) in [7, 11) is 0. The van der Waals surface area contributed by atoms with Crippen LogP contribution in [0.25, 0.3) is 6.08 Å². The van der Waals surface area contributed by atoms with Crippen LogP contribution in [-0.4, -0.2) is 34.1 Å². The second-order valence-corrected chi connectivity index (χ2v) is 6.56. The maximum Gasteiger partial charge on any atom is 0.247 e. The molecule has 2 aliphatic heterocycles. The zero-order valence-corrected chi connectivity index (χ0v) is 12.8. The number of benzene rings is 1. The van der Waals surface area contributed by atoms with Crippen molar-refractivity contribution in [3.63, 3.8) is 0 Å². The first kappa shape index (κ1) is 13.8. The third-order valence-corrected chi connectivity index (χ3v) is 4.72. The Balaban J connectivity index is 1.71. The lowest BCUT2D eigenvalue weighted by Gasteiger charge is -2.36. The molecule has 0 aromatic heterocycles. The van der Waals surface area contributed by atoms with Crippen LogP contribution in [0.4, 0.5) is 0 Å². The van der Waals surface area contributed by atoms with Gasteiger partial charge in [-0.05, 0) is 49.5 Å². The van der Waals surface area contributed by atoms with E-state index < -0.39 is 0 Å². The highest BCUT2D eigenvalue weighted by atomic mass is 79.9. The van der Waals surface area contributed by atoms with Gasteiger partial charge < -0.3 is 10.0 Å². The van der Waals surface area contributed by atoms with Crippen molar-refractivity contribution in [2.24, 2.45) is 0 Å². The molecule has 1 N–H and O–H groups in total. The summed E-state index contributed by atoms with van der Waals surface area (Å²) in [5.74, 6) is 0.0735. The number of amides is 1. The molecule has 2 unspecified atom stereocenters. The molecule has 2 aliphatic rings. The lowest BCUT2D eigenvalue weighted by molar-refractivity contribution is -0.131. The summed E-state index contributed by atoms with van der Waals surface area (Å²) in [6.45, 7) is 0. The Hall–Kier alpha value is -1.13. The van der Waals surface area contributed by atoms with Gasteiger partial charge in [-0.2, -0.15) is 0 Å². The van der Waals surface area contributed by atoms with E-state index in [1.165, 1.54) is 0 Å². The van der Waals surface area contributed by atoms with Gasteiger partial charge in [0.25, 0.3) is 0 Å². The van der Waals surface area contributed by atoms with Gasteiger partial charge in [0.2, 0.25) is 5.91 Å². The van der Waals surface area contributed by atoms with Crippen LogP contribution < -0.4 is 0 Å². The minimum atomic E-state index is -0.231. The first-order chi connectivity index (χ1) is 9.63. The third kappa shape index (κ3) is 2.81. The molecule has 0 aliphatic carbocycles. The summed E-state index contributed by atoms with van der Waals surface area (Å²) in [4.78, 5) is 14.3. The van der Waals surface area contributed by atoms with Crippen molar-refractivity contribution in [2.75, 3.05) is 0 Å². The third-order valence-electron chi connectivity index (χ3n) is 4.23. The van der Waals surface area contributed by atoms with Crippen LogP contribution >= 0.6 is 15.9 Å². The van der Waals surface area contributed by atoms with Crippen LogP contribution in [0.1, 0.15) is 31.2 Å². The monoisotopic (exact) mass is 335 g/mol. The van der Waals surface area contributed by atoms with Gasteiger partial charge >= 0.3 is 0 Å². The number of aliphatic hydroxyl groups excluding tert-OH is 1. The van der Waals surface area contributed by atoms with E-state index in [9.17, 15) is 9.90 Å². The first-order valence-electron chi connectivity index (χ1n) is 7.07. The van der Waals surface area contributed by atoms with Crippen molar-refractivity contribution in [1.29, 1.82) is 0 Å². The van der Waals surface area contributed by atoms with Crippen LogP contribution in [0, 0.1) is 0 Å². The van der Waals surface area contributed by atoms with Crippen LogP contribution in [0.15, 0.2) is 34.8 Å². The number of aliphatic hydroxyl groups is 1. The van der Waals surface area contributed by atoms with Gasteiger partial charge in [0.15, 0.2) is 0 Å². The average Bonchev–Trinajstić information content (AvgIpc) is 2.68. The van der Waals surface area contributed by atoms with E-state index in [0.29, 0.717) is 0 Å². The predicted octanol–water partition coefficient (Wildman–Crippen LogP) is 2.98. The standard InChI is InChI=1S/C16H18BrNO2/c17-12-3-1-2-11(8-12)4-7-16(20)18-13-5-6-14(18)10-15(19)9-13/h1-4,7-8,13-15,19H,5-6,9-10H2. The molecule has 2 atom stereocenters. The van der Waals surface area contributed by atoms with E-state index in [2.05, 4.69) is 15.9 Å². The zero-order valence-electron chi connectivity index (χ0n) is 11.2. The van der Waals surface area contributed by atoms with Crippen molar-refractivity contribution in [1.82, 2.24) is 4.90 Å². The fourth-order valence-corrected chi connectivity index (χ4v) is 3.79. The fourth-order valence-electron chi connectivity index (χ4n) is 3.37. The number of rotatable bonds is 2. The molecule has 0 saturated carbocycles. The molecule has 0 spiro atoms. The molecule has 20 heavy (non-hydrogen) atoms. The number of piperidine rings is 1. The summed E-state index contributed by atoms with van der Waals surface area (Å²) in [6, 6.07) is 8.33. The van der Waals surface area contributed by atoms with Crippen LogP contribution in [-0.2, 0) is 4.79 Å². The molecule has 1 aromatic carbocycles. The molecule has 2 saturated heterocycles. The smallest absolute Gasteiger partial charge is 0.247 e. The highest BCUT2D eigenvalue weighted by Gasteiger charge is 2.41. The summed E-state index contributed by atoms with van der Waals surface area (Å²) in [5, 5.41) is 9.77. The van der Waals surface area contributed by atoms with Crippen molar-refractivity contribution < 1.29 is 9.90 Å². The van der Waals surface area contributed by atoms with E-state index in [1.54, 1.807) is 6.08 Å². The van der Waals surface area contributed by atoms with Crippen molar-refractivity contribution >= 4 is 27.9 Å². The molecule has 1 aromatic rings. The second-order valence-electron chi connectivity index (χ2n) is 5.64. The van der Waals surface area contributed by atoms with Gasteiger partial charge in [0.1, 0.15) is 0 Å². The van der Waals surface area contributed by atoms with Crippen molar-refractivity contribution in [3.05, 3.63) is 40.4 Å². The van der Waals surface area contributed by atoms with Crippen LogP contribution in [0.3, 0.4) is 0 Å². The number of nitrogens with zero attached hydrogens (tertiary/aromatic N) is 1. The minimum Gasteiger partial charge on any atom is -0.393 e. The number of fused-ring (bicyclic) bond motifs is 2. The quantitative estimate of drug-likeness (QED) is 0.844. The van der Waals surface area contributed by atoms with Gasteiger partial charge in [-0.1, -0.05) is 28.1 Å². The highest BCUT2D eigenvalue weighted by molar-refractivity contribution is 9.10. The molecule has 1 amide bonds. The number of carbonyl (C=O) groups excluding carboxylic acids is 1. The number of carbonyl (C=O) groups is 1. The lowest BCUT2D eigenvalue weighted by atomic mass is 10.00. The Kier molecular flexibility index (Phi) is 3.94. The normalized spacial score (nSPS) is 29.1. The Labute approximate surface area is 127 Å². The van der Waals surface area contributed by atoms with E-state index in [-0.39, 0.29) is 24.1 Å². The lowest BCUT2D eigenvalue weighted by Crippen LogP contribution is -2.47. The maximum absolute atomic E-state index is 12.4. The summed E-state index contributed by atoms with van der Waals surface area (Å²) in [6.07, 6.45) is 6.80. The molecule has 106 valence electrons. The highest BCUT2D eigenvalue weighted by Crippen LogP contribution is 2.35. The van der Waals surface area contributed by atoms with E-state index in [0.717, 1.165) is 35.7 Å². The SMILES string of the molecule is O=C(C=Cc1cccc(Br)c1)N1C2CCC1CC(O)C2. The van der Waals surface area contributed by atoms with Crippen molar-refractivity contribution in [2.45, 2.75) is 43.9 Å². The molecule has 2 fully saturated rings. The molecule has 2 bridgehead atoms. The van der Waals surface area contributed by atoms with E-state index in [1.807, 2.05) is 35.2 Å². The van der Waals surface area contributed by atoms with Crippen LogP contribution in [0.2, 0.25) is 0 Å². The summed E-state index contributed by atoms with van der Waals surface area (Å²) in [5.41, 5.74) is 1.01. The topological polar surface area (TPSA) is 40.5 Å². The fraction of sp³-hybridized carbons (Fsp3) is 0.438. The molecule has 2 heterocycles. The van der Waals surface area contributed by atoms with E-state index in [4.69, 9.17) is 0 Å². The van der Waals surface area contributed by atoms with Gasteiger partial charge in [0.05, 0.1) is 6.10 Å². The van der Waals surface area contributed by atoms with Gasteiger partial charge in [0, 0.05) is 22.6 Å². The Morgan fingerprint density at radius 2 is 2.00 bits per heavy atom. The molecular weight excluding hydrogens is 318 g/mol. The molecule has 3 rings (SSSR count). The molecule has 3 nitrogen and oxygen atoms in total. The maximum atomic E-state index is 12.4.